The standard InChI is InChI=1S/C17H28N2O/c1-3-12-20-16-10-8-14(9-11-16)17(18)13-19(2)15-6-4-5-7-15/h8-11,15,17H,3-7,12-13,18H2,1-2H3. The molecule has 2 N–H and O–H groups in total. The molecule has 1 aromatic carbocycles. The maximum atomic E-state index is 6.33. The lowest BCUT2D eigenvalue weighted by Gasteiger charge is -2.27. The number of nitrogens with zero attached hydrogens (tertiary/aromatic N) is 1. The van der Waals surface area contributed by atoms with Gasteiger partial charge >= 0.3 is 0 Å². The summed E-state index contributed by atoms with van der Waals surface area (Å²) in [6, 6.07) is 9.06. The molecular weight excluding hydrogens is 248 g/mol. The predicted octanol–water partition coefficient (Wildman–Crippen LogP) is 3.35. The first-order chi connectivity index (χ1) is 9.70. The highest BCUT2D eigenvalue weighted by atomic mass is 16.5. The van der Waals surface area contributed by atoms with Crippen LogP contribution >= 0.6 is 0 Å². The van der Waals surface area contributed by atoms with Gasteiger partial charge in [0.2, 0.25) is 0 Å². The van der Waals surface area contributed by atoms with Gasteiger partial charge in [0.15, 0.2) is 0 Å². The van der Waals surface area contributed by atoms with Gasteiger partial charge in [-0.15, -0.1) is 0 Å². The zero-order valence-electron chi connectivity index (χ0n) is 12.8. The third-order valence-corrected chi connectivity index (χ3v) is 4.21. The summed E-state index contributed by atoms with van der Waals surface area (Å²) >= 11 is 0. The topological polar surface area (TPSA) is 38.5 Å². The van der Waals surface area contributed by atoms with Gasteiger partial charge in [0.25, 0.3) is 0 Å². The van der Waals surface area contributed by atoms with Crippen LogP contribution in [0.1, 0.15) is 50.6 Å². The fourth-order valence-electron chi connectivity index (χ4n) is 2.94. The molecule has 2 rings (SSSR count). The lowest BCUT2D eigenvalue weighted by atomic mass is 10.1. The molecule has 20 heavy (non-hydrogen) atoms. The Morgan fingerprint density at radius 1 is 1.25 bits per heavy atom. The van der Waals surface area contributed by atoms with Gasteiger partial charge in [0.1, 0.15) is 5.75 Å². The van der Waals surface area contributed by atoms with Crippen molar-refractivity contribution in [3.05, 3.63) is 29.8 Å². The van der Waals surface area contributed by atoms with Crippen LogP contribution in [0.5, 0.6) is 5.75 Å². The zero-order chi connectivity index (χ0) is 14.4. The van der Waals surface area contributed by atoms with Gasteiger partial charge in [-0.2, -0.15) is 0 Å². The van der Waals surface area contributed by atoms with Crippen molar-refractivity contribution in [2.75, 3.05) is 20.2 Å². The van der Waals surface area contributed by atoms with E-state index in [1.165, 1.54) is 31.2 Å². The first-order valence-corrected chi connectivity index (χ1v) is 7.89. The van der Waals surface area contributed by atoms with E-state index >= 15 is 0 Å². The number of rotatable bonds is 7. The molecule has 0 amide bonds. The molecule has 0 aromatic heterocycles. The number of nitrogens with two attached hydrogens (primary N) is 1. The van der Waals surface area contributed by atoms with E-state index in [9.17, 15) is 0 Å². The molecule has 0 aliphatic heterocycles. The van der Waals surface area contributed by atoms with Crippen molar-refractivity contribution in [1.29, 1.82) is 0 Å². The summed E-state index contributed by atoms with van der Waals surface area (Å²) in [6.07, 6.45) is 6.43. The Morgan fingerprint density at radius 2 is 1.90 bits per heavy atom. The molecule has 1 unspecified atom stereocenters. The molecule has 1 aliphatic rings. The summed E-state index contributed by atoms with van der Waals surface area (Å²) in [5.41, 5.74) is 7.52. The van der Waals surface area contributed by atoms with Gasteiger partial charge in [0, 0.05) is 18.6 Å². The van der Waals surface area contributed by atoms with Crippen molar-refractivity contribution in [2.45, 2.75) is 51.1 Å². The summed E-state index contributed by atoms with van der Waals surface area (Å²) in [4.78, 5) is 2.43. The summed E-state index contributed by atoms with van der Waals surface area (Å²) in [7, 11) is 2.20. The van der Waals surface area contributed by atoms with Gasteiger partial charge in [-0.1, -0.05) is 31.9 Å². The molecule has 1 saturated carbocycles. The Labute approximate surface area is 123 Å². The normalized spacial score (nSPS) is 17.6. The first-order valence-electron chi connectivity index (χ1n) is 7.89. The molecule has 112 valence electrons. The van der Waals surface area contributed by atoms with E-state index in [1.807, 2.05) is 12.1 Å². The summed E-state index contributed by atoms with van der Waals surface area (Å²) < 4.78 is 5.60. The maximum absolute atomic E-state index is 6.33. The van der Waals surface area contributed by atoms with E-state index in [2.05, 4.69) is 31.0 Å². The average molecular weight is 276 g/mol. The summed E-state index contributed by atoms with van der Waals surface area (Å²) in [5, 5.41) is 0. The van der Waals surface area contributed by atoms with E-state index in [1.54, 1.807) is 0 Å². The Bertz CT molecular complexity index is 384. The predicted molar refractivity (Wildman–Crippen MR) is 84.0 cm³/mol. The lowest BCUT2D eigenvalue weighted by Crippen LogP contribution is -2.35. The minimum absolute atomic E-state index is 0.0841. The minimum atomic E-state index is 0.0841. The molecule has 1 atom stereocenters. The second kappa shape index (κ2) is 7.65. The van der Waals surface area contributed by atoms with Crippen molar-refractivity contribution in [3.8, 4) is 5.75 Å². The fourth-order valence-corrected chi connectivity index (χ4v) is 2.94. The van der Waals surface area contributed by atoms with Crippen LogP contribution in [0.3, 0.4) is 0 Å². The van der Waals surface area contributed by atoms with Crippen LogP contribution in [-0.4, -0.2) is 31.1 Å². The van der Waals surface area contributed by atoms with E-state index in [0.29, 0.717) is 0 Å². The third kappa shape index (κ3) is 4.22. The smallest absolute Gasteiger partial charge is 0.119 e. The van der Waals surface area contributed by atoms with Crippen molar-refractivity contribution in [1.82, 2.24) is 4.90 Å². The molecule has 0 bridgehead atoms. The number of benzene rings is 1. The largest absolute Gasteiger partial charge is 0.494 e. The Morgan fingerprint density at radius 3 is 2.50 bits per heavy atom. The lowest BCUT2D eigenvalue weighted by molar-refractivity contribution is 0.231. The van der Waals surface area contributed by atoms with Crippen LogP contribution in [0.4, 0.5) is 0 Å². The Balaban J connectivity index is 1.86. The molecule has 3 nitrogen and oxygen atoms in total. The monoisotopic (exact) mass is 276 g/mol. The Hall–Kier alpha value is -1.06. The number of hydrogen-bond donors (Lipinski definition) is 1. The van der Waals surface area contributed by atoms with E-state index in [-0.39, 0.29) is 6.04 Å². The van der Waals surface area contributed by atoms with Crippen molar-refractivity contribution in [3.63, 3.8) is 0 Å². The van der Waals surface area contributed by atoms with Gasteiger partial charge in [-0.3, -0.25) is 0 Å². The van der Waals surface area contributed by atoms with Crippen molar-refractivity contribution < 1.29 is 4.74 Å². The molecule has 0 saturated heterocycles. The number of likely N-dealkylation sites (N-methyl/N-ethyl adjacent to an activating group) is 1. The van der Waals surface area contributed by atoms with Crippen molar-refractivity contribution >= 4 is 0 Å². The number of hydrogen-bond acceptors (Lipinski definition) is 3. The quantitative estimate of drug-likeness (QED) is 0.830. The van der Waals surface area contributed by atoms with E-state index < -0.39 is 0 Å². The van der Waals surface area contributed by atoms with E-state index in [4.69, 9.17) is 10.5 Å². The SMILES string of the molecule is CCCOc1ccc(C(N)CN(C)C2CCCC2)cc1. The highest BCUT2D eigenvalue weighted by Gasteiger charge is 2.21. The van der Waals surface area contributed by atoms with E-state index in [0.717, 1.165) is 31.4 Å². The average Bonchev–Trinajstić information content (AvgIpc) is 3.00. The molecule has 1 aromatic rings. The molecule has 0 radical (unpaired) electrons. The first kappa shape index (κ1) is 15.3. The van der Waals surface area contributed by atoms with Crippen LogP contribution < -0.4 is 10.5 Å². The highest BCUT2D eigenvalue weighted by Crippen LogP contribution is 2.24. The van der Waals surface area contributed by atoms with Gasteiger partial charge < -0.3 is 15.4 Å². The Kier molecular flexibility index (Phi) is 5.86. The third-order valence-electron chi connectivity index (χ3n) is 4.21. The van der Waals surface area contributed by atoms with Crippen LogP contribution in [0.15, 0.2) is 24.3 Å². The highest BCUT2D eigenvalue weighted by molar-refractivity contribution is 5.29. The minimum Gasteiger partial charge on any atom is -0.494 e. The van der Waals surface area contributed by atoms with Gasteiger partial charge in [-0.25, -0.2) is 0 Å². The maximum Gasteiger partial charge on any atom is 0.119 e. The molecule has 0 heterocycles. The molecule has 1 fully saturated rings. The van der Waals surface area contributed by atoms with Gasteiger partial charge in [-0.05, 0) is 44.0 Å². The van der Waals surface area contributed by atoms with Crippen molar-refractivity contribution in [2.24, 2.45) is 5.73 Å². The summed E-state index contributed by atoms with van der Waals surface area (Å²) in [6.45, 7) is 3.82. The zero-order valence-corrected chi connectivity index (χ0v) is 12.8. The van der Waals surface area contributed by atoms with Crippen LogP contribution in [0.25, 0.3) is 0 Å². The molecular formula is C17H28N2O. The number of ether oxygens (including phenoxy) is 1. The second-order valence-corrected chi connectivity index (χ2v) is 5.90. The van der Waals surface area contributed by atoms with Gasteiger partial charge in [0.05, 0.1) is 6.61 Å². The summed E-state index contributed by atoms with van der Waals surface area (Å²) in [5.74, 6) is 0.937. The van der Waals surface area contributed by atoms with Crippen LogP contribution in [0.2, 0.25) is 0 Å². The molecule has 0 spiro atoms. The molecule has 1 aliphatic carbocycles. The fraction of sp³-hybridized carbons (Fsp3) is 0.647. The second-order valence-electron chi connectivity index (χ2n) is 5.90. The molecule has 3 heteroatoms. The van der Waals surface area contributed by atoms with Crippen LogP contribution in [0, 0.1) is 0 Å². The van der Waals surface area contributed by atoms with Crippen LogP contribution in [-0.2, 0) is 0 Å².